The molecule has 174 valence electrons. The Hall–Kier alpha value is -2.53. The SMILES string of the molecule is C[C@@H](C(=O)NC(C)(C)C)N(Cc1ccccc1Cl)C(=O)COc1ccc(C(C)(C)C)cc1. The summed E-state index contributed by atoms with van der Waals surface area (Å²) in [6.45, 7) is 13.9. The average molecular weight is 459 g/mol. The molecule has 0 bridgehead atoms. The summed E-state index contributed by atoms with van der Waals surface area (Å²) in [5, 5.41) is 3.49. The number of benzene rings is 2. The molecule has 0 heterocycles. The first-order valence-corrected chi connectivity index (χ1v) is 11.2. The number of hydrogen-bond acceptors (Lipinski definition) is 3. The first-order chi connectivity index (χ1) is 14.8. The second-order valence-corrected chi connectivity index (χ2v) is 10.5. The van der Waals surface area contributed by atoms with Crippen molar-refractivity contribution in [2.45, 2.75) is 72.0 Å². The molecule has 32 heavy (non-hydrogen) atoms. The molecular formula is C26H35ClN2O3. The summed E-state index contributed by atoms with van der Waals surface area (Å²) in [5.41, 5.74) is 1.59. The number of carbonyl (C=O) groups excluding carboxylic acids is 2. The van der Waals surface area contributed by atoms with Crippen LogP contribution in [0.15, 0.2) is 48.5 Å². The maximum Gasteiger partial charge on any atom is 0.261 e. The fourth-order valence-corrected chi connectivity index (χ4v) is 3.34. The standard InChI is InChI=1S/C26H35ClN2O3/c1-18(24(31)28-26(5,6)7)29(16-19-10-8-9-11-22(19)27)23(30)17-32-21-14-12-20(13-15-21)25(2,3)4/h8-15,18H,16-17H2,1-7H3,(H,28,31)/t18-/m0/s1. The molecule has 0 aliphatic rings. The van der Waals surface area contributed by atoms with Gasteiger partial charge in [-0.3, -0.25) is 9.59 Å². The normalized spacial score (nSPS) is 12.8. The fourth-order valence-electron chi connectivity index (χ4n) is 3.15. The summed E-state index contributed by atoms with van der Waals surface area (Å²) >= 11 is 6.32. The number of carbonyl (C=O) groups is 2. The van der Waals surface area contributed by atoms with E-state index in [-0.39, 0.29) is 30.4 Å². The Morgan fingerprint density at radius 1 is 1.00 bits per heavy atom. The molecule has 0 saturated carbocycles. The van der Waals surface area contributed by atoms with Crippen molar-refractivity contribution < 1.29 is 14.3 Å². The van der Waals surface area contributed by atoms with Gasteiger partial charge in [0, 0.05) is 17.1 Å². The van der Waals surface area contributed by atoms with E-state index in [0.29, 0.717) is 10.8 Å². The van der Waals surface area contributed by atoms with Crippen molar-refractivity contribution in [1.82, 2.24) is 10.2 Å². The zero-order valence-corrected chi connectivity index (χ0v) is 20.9. The van der Waals surface area contributed by atoms with Gasteiger partial charge >= 0.3 is 0 Å². The van der Waals surface area contributed by atoms with Crippen LogP contribution in [0, 0.1) is 0 Å². The second-order valence-electron chi connectivity index (χ2n) is 10.1. The number of nitrogens with one attached hydrogen (secondary N) is 1. The van der Waals surface area contributed by atoms with E-state index in [4.69, 9.17) is 16.3 Å². The molecule has 0 fully saturated rings. The molecule has 0 aliphatic heterocycles. The monoisotopic (exact) mass is 458 g/mol. The maximum atomic E-state index is 13.1. The smallest absolute Gasteiger partial charge is 0.261 e. The van der Waals surface area contributed by atoms with Crippen LogP contribution >= 0.6 is 11.6 Å². The van der Waals surface area contributed by atoms with E-state index in [2.05, 4.69) is 26.1 Å². The molecule has 6 heteroatoms. The van der Waals surface area contributed by atoms with Crippen molar-refractivity contribution in [1.29, 1.82) is 0 Å². The van der Waals surface area contributed by atoms with Crippen LogP contribution in [0.3, 0.4) is 0 Å². The second kappa shape index (κ2) is 10.4. The molecular weight excluding hydrogens is 424 g/mol. The third kappa shape index (κ3) is 7.56. The molecule has 0 aliphatic carbocycles. The van der Waals surface area contributed by atoms with E-state index in [1.165, 1.54) is 10.5 Å². The van der Waals surface area contributed by atoms with Gasteiger partial charge in [0.1, 0.15) is 11.8 Å². The van der Waals surface area contributed by atoms with Gasteiger partial charge in [0.25, 0.3) is 5.91 Å². The molecule has 2 aromatic carbocycles. The van der Waals surface area contributed by atoms with Gasteiger partial charge in [-0.25, -0.2) is 0 Å². The Morgan fingerprint density at radius 2 is 1.59 bits per heavy atom. The Kier molecular flexibility index (Phi) is 8.35. The molecule has 2 aromatic rings. The van der Waals surface area contributed by atoms with Crippen LogP contribution in [0.25, 0.3) is 0 Å². The largest absolute Gasteiger partial charge is 0.484 e. The minimum Gasteiger partial charge on any atom is -0.484 e. The molecule has 2 amide bonds. The van der Waals surface area contributed by atoms with Gasteiger partial charge in [-0.15, -0.1) is 0 Å². The predicted octanol–water partition coefficient (Wildman–Crippen LogP) is 5.35. The topological polar surface area (TPSA) is 58.6 Å². The zero-order valence-electron chi connectivity index (χ0n) is 20.2. The molecule has 1 atom stereocenters. The molecule has 2 rings (SSSR count). The van der Waals surface area contributed by atoms with Crippen molar-refractivity contribution in [3.63, 3.8) is 0 Å². The molecule has 0 spiro atoms. The number of halogens is 1. The van der Waals surface area contributed by atoms with Gasteiger partial charge in [0.05, 0.1) is 0 Å². The Labute approximate surface area is 197 Å². The van der Waals surface area contributed by atoms with Gasteiger partial charge < -0.3 is 15.0 Å². The van der Waals surface area contributed by atoms with Crippen molar-refractivity contribution in [3.8, 4) is 5.75 Å². The lowest BCUT2D eigenvalue weighted by Gasteiger charge is -2.31. The molecule has 0 aromatic heterocycles. The Morgan fingerprint density at radius 3 is 2.12 bits per heavy atom. The van der Waals surface area contributed by atoms with Crippen LogP contribution in [0.4, 0.5) is 0 Å². The summed E-state index contributed by atoms with van der Waals surface area (Å²) < 4.78 is 5.76. The average Bonchev–Trinajstić information content (AvgIpc) is 2.69. The van der Waals surface area contributed by atoms with Crippen LogP contribution in [0.5, 0.6) is 5.75 Å². The molecule has 0 unspecified atom stereocenters. The van der Waals surface area contributed by atoms with E-state index in [1.54, 1.807) is 13.0 Å². The highest BCUT2D eigenvalue weighted by Gasteiger charge is 2.29. The molecule has 0 saturated heterocycles. The van der Waals surface area contributed by atoms with E-state index in [1.807, 2.05) is 63.2 Å². The number of amides is 2. The third-order valence-electron chi connectivity index (χ3n) is 5.05. The van der Waals surface area contributed by atoms with Crippen molar-refractivity contribution in [3.05, 3.63) is 64.7 Å². The molecule has 0 radical (unpaired) electrons. The summed E-state index contributed by atoms with van der Waals surface area (Å²) in [7, 11) is 0. The van der Waals surface area contributed by atoms with Crippen molar-refractivity contribution >= 4 is 23.4 Å². The van der Waals surface area contributed by atoms with Gasteiger partial charge in [-0.1, -0.05) is 62.7 Å². The van der Waals surface area contributed by atoms with Crippen LogP contribution in [0.2, 0.25) is 5.02 Å². The van der Waals surface area contributed by atoms with Crippen LogP contribution in [-0.2, 0) is 21.5 Å². The van der Waals surface area contributed by atoms with Gasteiger partial charge in [-0.05, 0) is 62.4 Å². The van der Waals surface area contributed by atoms with E-state index >= 15 is 0 Å². The number of hydrogen-bond donors (Lipinski definition) is 1. The van der Waals surface area contributed by atoms with Gasteiger partial charge in [0.15, 0.2) is 6.61 Å². The lowest BCUT2D eigenvalue weighted by molar-refractivity contribution is -0.142. The molecule has 1 N–H and O–H groups in total. The minimum atomic E-state index is -0.690. The predicted molar refractivity (Wildman–Crippen MR) is 130 cm³/mol. The van der Waals surface area contributed by atoms with Gasteiger partial charge in [0.2, 0.25) is 5.91 Å². The van der Waals surface area contributed by atoms with Gasteiger partial charge in [-0.2, -0.15) is 0 Å². The highest BCUT2D eigenvalue weighted by molar-refractivity contribution is 6.31. The van der Waals surface area contributed by atoms with Crippen molar-refractivity contribution in [2.24, 2.45) is 0 Å². The van der Waals surface area contributed by atoms with E-state index in [0.717, 1.165) is 5.56 Å². The first kappa shape index (κ1) is 25.7. The maximum absolute atomic E-state index is 13.1. The first-order valence-electron chi connectivity index (χ1n) is 10.9. The van der Waals surface area contributed by atoms with Crippen LogP contribution in [0.1, 0.15) is 59.6 Å². The zero-order chi connectivity index (χ0) is 24.1. The quantitative estimate of drug-likeness (QED) is 0.608. The Bertz CT molecular complexity index is 927. The summed E-state index contributed by atoms with van der Waals surface area (Å²) in [4.78, 5) is 27.5. The van der Waals surface area contributed by atoms with E-state index < -0.39 is 11.6 Å². The number of rotatable bonds is 7. The van der Waals surface area contributed by atoms with Crippen LogP contribution < -0.4 is 10.1 Å². The highest BCUT2D eigenvalue weighted by atomic mass is 35.5. The minimum absolute atomic E-state index is 0.0376. The Balaban J connectivity index is 2.17. The number of ether oxygens (including phenoxy) is 1. The van der Waals surface area contributed by atoms with E-state index in [9.17, 15) is 9.59 Å². The lowest BCUT2D eigenvalue weighted by atomic mass is 9.87. The summed E-state index contributed by atoms with van der Waals surface area (Å²) in [5.74, 6) is 0.0876. The van der Waals surface area contributed by atoms with Crippen molar-refractivity contribution in [2.75, 3.05) is 6.61 Å². The molecule has 5 nitrogen and oxygen atoms in total. The lowest BCUT2D eigenvalue weighted by Crippen LogP contribution is -2.53. The highest BCUT2D eigenvalue weighted by Crippen LogP contribution is 2.24. The number of nitrogens with zero attached hydrogens (tertiary/aromatic N) is 1. The summed E-state index contributed by atoms with van der Waals surface area (Å²) in [6, 6.07) is 14.3. The summed E-state index contributed by atoms with van der Waals surface area (Å²) in [6.07, 6.45) is 0. The fraction of sp³-hybridized carbons (Fsp3) is 0.462. The van der Waals surface area contributed by atoms with Crippen LogP contribution in [-0.4, -0.2) is 34.9 Å². The third-order valence-corrected chi connectivity index (χ3v) is 5.42.